The molecule has 0 spiro atoms. The minimum absolute atomic E-state index is 0.186. The number of aliphatic carboxylic acids is 1. The summed E-state index contributed by atoms with van der Waals surface area (Å²) in [6.07, 6.45) is 4.95. The highest BCUT2D eigenvalue weighted by Crippen LogP contribution is 2.44. The monoisotopic (exact) mass is 537 g/mol. The number of fused-ring (bicyclic) bond motifs is 1. The van der Waals surface area contributed by atoms with Crippen molar-refractivity contribution in [2.45, 2.75) is 46.1 Å². The maximum Gasteiger partial charge on any atom is 0.323 e. The van der Waals surface area contributed by atoms with Crippen LogP contribution in [0.25, 0.3) is 6.08 Å². The molecule has 0 bridgehead atoms. The van der Waals surface area contributed by atoms with Gasteiger partial charge in [-0.05, 0) is 92.8 Å². The Hall–Kier alpha value is -3.72. The summed E-state index contributed by atoms with van der Waals surface area (Å²) in [5.41, 5.74) is 4.58. The first-order valence-electron chi connectivity index (χ1n) is 12.3. The van der Waals surface area contributed by atoms with Crippen LogP contribution in [0, 0.1) is 20.8 Å². The molecular formula is C29H31NO7S. The van der Waals surface area contributed by atoms with Gasteiger partial charge in [-0.15, -0.1) is 0 Å². The van der Waals surface area contributed by atoms with Gasteiger partial charge in [-0.3, -0.25) is 19.3 Å². The van der Waals surface area contributed by atoms with E-state index in [4.69, 9.17) is 19.3 Å². The van der Waals surface area contributed by atoms with E-state index in [1.54, 1.807) is 36.4 Å². The second kappa shape index (κ2) is 10.9. The second-order valence-corrected chi connectivity index (χ2v) is 10.7. The molecule has 2 heterocycles. The third-order valence-electron chi connectivity index (χ3n) is 6.80. The lowest BCUT2D eigenvalue weighted by molar-refractivity contribution is -0.140. The van der Waals surface area contributed by atoms with Gasteiger partial charge < -0.3 is 19.3 Å². The highest BCUT2D eigenvalue weighted by atomic mass is 32.2. The first kappa shape index (κ1) is 27.3. The zero-order valence-corrected chi connectivity index (χ0v) is 22.8. The number of carbonyl (C=O) groups excluding carboxylic acids is 2. The van der Waals surface area contributed by atoms with E-state index in [0.717, 1.165) is 57.7 Å². The molecule has 2 aliphatic rings. The zero-order chi connectivity index (χ0) is 27.6. The van der Waals surface area contributed by atoms with E-state index in [0.29, 0.717) is 24.5 Å². The Morgan fingerprint density at radius 3 is 2.53 bits per heavy atom. The highest BCUT2D eigenvalue weighted by Gasteiger charge is 2.37. The molecule has 4 rings (SSSR count). The fourth-order valence-electron chi connectivity index (χ4n) is 4.56. The largest absolute Gasteiger partial charge is 0.489 e. The van der Waals surface area contributed by atoms with Gasteiger partial charge in [0.15, 0.2) is 0 Å². The van der Waals surface area contributed by atoms with Gasteiger partial charge in [-0.25, -0.2) is 0 Å². The number of ether oxygens (including phenoxy) is 3. The van der Waals surface area contributed by atoms with E-state index in [2.05, 4.69) is 20.4 Å². The normalized spacial score (nSPS) is 19.8. The Balaban J connectivity index is 1.43. The number of imide groups is 1. The van der Waals surface area contributed by atoms with E-state index >= 15 is 0 Å². The molecule has 9 heteroatoms. The first-order valence-corrected chi connectivity index (χ1v) is 13.1. The van der Waals surface area contributed by atoms with Crippen LogP contribution in [0.1, 0.15) is 41.2 Å². The van der Waals surface area contributed by atoms with Gasteiger partial charge in [0, 0.05) is 5.56 Å². The van der Waals surface area contributed by atoms with Crippen LogP contribution in [0.5, 0.6) is 17.2 Å². The third-order valence-corrected chi connectivity index (χ3v) is 7.71. The van der Waals surface area contributed by atoms with Crippen molar-refractivity contribution in [1.29, 1.82) is 0 Å². The molecule has 1 N–H and O–H groups in total. The number of amides is 2. The lowest BCUT2D eigenvalue weighted by Gasteiger charge is -2.38. The molecule has 2 amide bonds. The summed E-state index contributed by atoms with van der Waals surface area (Å²) in [5, 5.41) is 8.31. The Labute approximate surface area is 226 Å². The fraction of sp³-hybridized carbons (Fsp3) is 0.345. The van der Waals surface area contributed by atoms with Gasteiger partial charge in [-0.2, -0.15) is 0 Å². The van der Waals surface area contributed by atoms with Gasteiger partial charge in [0.25, 0.3) is 11.1 Å². The predicted octanol–water partition coefficient (Wildman–Crippen LogP) is 5.46. The average Bonchev–Trinajstić information content (AvgIpc) is 3.14. The maximum atomic E-state index is 12.4. The Morgan fingerprint density at radius 1 is 1.16 bits per heavy atom. The van der Waals surface area contributed by atoms with Crippen LogP contribution in [0.2, 0.25) is 0 Å². The van der Waals surface area contributed by atoms with E-state index < -0.39 is 29.3 Å². The zero-order valence-electron chi connectivity index (χ0n) is 22.0. The van der Waals surface area contributed by atoms with Gasteiger partial charge in [-0.1, -0.05) is 24.8 Å². The molecule has 2 aliphatic heterocycles. The number of carboxylic acids is 1. The molecule has 200 valence electrons. The summed E-state index contributed by atoms with van der Waals surface area (Å²) in [5.74, 6) is 0.600. The summed E-state index contributed by atoms with van der Waals surface area (Å²) in [6, 6.07) is 7.13. The SMILES string of the molecule is C=CCOc1c(C)c(C)c2c(c1C)CCC(C)(COc1ccc(/C=C3\SC(=O)N(CC(=O)O)C3=O)cc1)O2. The van der Waals surface area contributed by atoms with Gasteiger partial charge in [0.2, 0.25) is 0 Å². The molecule has 0 aliphatic carbocycles. The molecule has 2 aromatic rings. The summed E-state index contributed by atoms with van der Waals surface area (Å²) >= 11 is 0.729. The number of benzene rings is 2. The molecule has 1 unspecified atom stereocenters. The molecule has 38 heavy (non-hydrogen) atoms. The minimum atomic E-state index is -1.24. The molecule has 1 fully saturated rings. The van der Waals surface area contributed by atoms with Crippen molar-refractivity contribution >= 4 is 35.0 Å². The van der Waals surface area contributed by atoms with Crippen LogP contribution in [0.3, 0.4) is 0 Å². The van der Waals surface area contributed by atoms with Crippen LogP contribution in [0.15, 0.2) is 41.8 Å². The van der Waals surface area contributed by atoms with E-state index in [9.17, 15) is 14.4 Å². The molecule has 1 atom stereocenters. The number of nitrogens with zero attached hydrogens (tertiary/aromatic N) is 1. The average molecular weight is 538 g/mol. The lowest BCUT2D eigenvalue weighted by atomic mass is 9.87. The van der Waals surface area contributed by atoms with Crippen molar-refractivity contribution in [2.75, 3.05) is 19.8 Å². The number of hydrogen-bond donors (Lipinski definition) is 1. The standard InChI is InChI=1S/C29H31NO7S/c1-6-13-35-25-17(2)18(3)26-22(19(25)4)11-12-29(5,37-26)16-36-21-9-7-20(8-10-21)14-23-27(33)30(15-24(31)32)28(34)38-23/h6-10,14H,1,11-13,15-16H2,2-5H3,(H,31,32)/b23-14-. The van der Waals surface area contributed by atoms with E-state index in [1.807, 2.05) is 13.8 Å². The van der Waals surface area contributed by atoms with Gasteiger partial charge >= 0.3 is 5.97 Å². The molecule has 8 nitrogen and oxygen atoms in total. The van der Waals surface area contributed by atoms with Gasteiger partial charge in [0.1, 0.15) is 42.6 Å². The van der Waals surface area contributed by atoms with E-state index in [-0.39, 0.29) is 4.91 Å². The Morgan fingerprint density at radius 2 is 1.87 bits per heavy atom. The van der Waals surface area contributed by atoms with Crippen molar-refractivity contribution < 1.29 is 33.7 Å². The summed E-state index contributed by atoms with van der Waals surface area (Å²) in [6.45, 7) is 12.1. The fourth-order valence-corrected chi connectivity index (χ4v) is 5.40. The predicted molar refractivity (Wildman–Crippen MR) is 146 cm³/mol. The Bertz CT molecular complexity index is 1330. The number of carbonyl (C=O) groups is 3. The molecule has 2 aromatic carbocycles. The van der Waals surface area contributed by atoms with Crippen LogP contribution >= 0.6 is 11.8 Å². The highest BCUT2D eigenvalue weighted by molar-refractivity contribution is 8.18. The molecular weight excluding hydrogens is 506 g/mol. The van der Waals surface area contributed by atoms with Crippen LogP contribution in [0.4, 0.5) is 4.79 Å². The number of thioether (sulfide) groups is 1. The first-order chi connectivity index (χ1) is 18.0. The van der Waals surface area contributed by atoms with Crippen molar-refractivity contribution in [2.24, 2.45) is 0 Å². The number of hydrogen-bond acceptors (Lipinski definition) is 7. The molecule has 1 saturated heterocycles. The van der Waals surface area contributed by atoms with Crippen LogP contribution in [-0.2, 0) is 16.0 Å². The number of rotatable bonds is 9. The Kier molecular flexibility index (Phi) is 7.87. The molecule has 0 radical (unpaired) electrons. The van der Waals surface area contributed by atoms with Crippen molar-refractivity contribution in [1.82, 2.24) is 4.90 Å². The van der Waals surface area contributed by atoms with E-state index in [1.165, 1.54) is 5.56 Å². The van der Waals surface area contributed by atoms with Crippen molar-refractivity contribution in [3.8, 4) is 17.2 Å². The van der Waals surface area contributed by atoms with Crippen molar-refractivity contribution in [3.63, 3.8) is 0 Å². The van der Waals surface area contributed by atoms with Crippen molar-refractivity contribution in [3.05, 3.63) is 69.6 Å². The lowest BCUT2D eigenvalue weighted by Crippen LogP contribution is -2.42. The second-order valence-electron chi connectivity index (χ2n) is 9.68. The maximum absolute atomic E-state index is 12.4. The summed E-state index contributed by atoms with van der Waals surface area (Å²) < 4.78 is 18.6. The van der Waals surface area contributed by atoms with Gasteiger partial charge in [0.05, 0.1) is 4.91 Å². The summed E-state index contributed by atoms with van der Waals surface area (Å²) in [4.78, 5) is 36.1. The quantitative estimate of drug-likeness (QED) is 0.332. The van der Waals surface area contributed by atoms with Crippen LogP contribution in [-0.4, -0.2) is 52.5 Å². The van der Waals surface area contributed by atoms with Crippen LogP contribution < -0.4 is 14.2 Å². The smallest absolute Gasteiger partial charge is 0.323 e. The molecule has 0 aromatic heterocycles. The minimum Gasteiger partial charge on any atom is -0.489 e. The topological polar surface area (TPSA) is 102 Å². The summed E-state index contributed by atoms with van der Waals surface area (Å²) in [7, 11) is 0. The molecule has 0 saturated carbocycles. The number of carboxylic acid groups (broad SMARTS) is 1. The third kappa shape index (κ3) is 5.57.